The molecule has 1 atom stereocenters. The van der Waals surface area contributed by atoms with Crippen molar-refractivity contribution in [3.63, 3.8) is 0 Å². The summed E-state index contributed by atoms with van der Waals surface area (Å²) < 4.78 is 5.06. The molecule has 4 heteroatoms. The normalized spacial score (nSPS) is 30.4. The number of amides is 1. The SMILES string of the molecule is CC1=C(N2C(=O)C3(CCCCC3)CC2C)COC1=O. The summed E-state index contributed by atoms with van der Waals surface area (Å²) in [6, 6.07) is 0.185. The number of ether oxygens (including phenoxy) is 1. The summed E-state index contributed by atoms with van der Waals surface area (Å²) in [6.45, 7) is 4.11. The highest BCUT2D eigenvalue weighted by Gasteiger charge is 2.52. The largest absolute Gasteiger partial charge is 0.456 e. The first kappa shape index (κ1) is 12.7. The van der Waals surface area contributed by atoms with Gasteiger partial charge >= 0.3 is 5.97 Å². The standard InChI is InChI=1S/C15H21NO3/c1-10-8-15(6-4-3-5-7-15)14(18)16(10)12-9-19-13(17)11(12)2/h10H,3-9H2,1-2H3. The molecule has 1 aliphatic carbocycles. The molecular weight excluding hydrogens is 242 g/mol. The molecule has 1 amide bonds. The molecule has 1 unspecified atom stereocenters. The summed E-state index contributed by atoms with van der Waals surface area (Å²) in [7, 11) is 0. The molecule has 3 aliphatic rings. The third kappa shape index (κ3) is 1.80. The van der Waals surface area contributed by atoms with Gasteiger partial charge in [0.05, 0.1) is 16.7 Å². The van der Waals surface area contributed by atoms with E-state index in [1.54, 1.807) is 6.92 Å². The molecule has 0 aromatic carbocycles. The lowest BCUT2D eigenvalue weighted by Crippen LogP contribution is -2.37. The van der Waals surface area contributed by atoms with Crippen LogP contribution in [-0.4, -0.2) is 29.4 Å². The van der Waals surface area contributed by atoms with Gasteiger partial charge in [-0.3, -0.25) is 4.79 Å². The third-order valence-corrected chi connectivity index (χ3v) is 4.98. The minimum Gasteiger partial charge on any atom is -0.456 e. The molecule has 0 radical (unpaired) electrons. The second-order valence-electron chi connectivity index (χ2n) is 6.22. The first-order chi connectivity index (χ1) is 9.05. The Kier molecular flexibility index (Phi) is 2.91. The zero-order valence-electron chi connectivity index (χ0n) is 11.7. The highest BCUT2D eigenvalue weighted by Crippen LogP contribution is 2.48. The van der Waals surface area contributed by atoms with Crippen LogP contribution in [0.3, 0.4) is 0 Å². The van der Waals surface area contributed by atoms with Crippen LogP contribution >= 0.6 is 0 Å². The predicted molar refractivity (Wildman–Crippen MR) is 70.1 cm³/mol. The molecule has 2 aliphatic heterocycles. The van der Waals surface area contributed by atoms with Crippen molar-refractivity contribution in [1.29, 1.82) is 0 Å². The average Bonchev–Trinajstić information content (AvgIpc) is 2.82. The molecule has 1 saturated carbocycles. The maximum atomic E-state index is 12.9. The number of hydrogen-bond acceptors (Lipinski definition) is 3. The van der Waals surface area contributed by atoms with E-state index in [1.165, 1.54) is 6.42 Å². The van der Waals surface area contributed by atoms with Crippen molar-refractivity contribution in [2.24, 2.45) is 5.41 Å². The van der Waals surface area contributed by atoms with E-state index in [-0.39, 0.29) is 29.9 Å². The zero-order chi connectivity index (χ0) is 13.6. The topological polar surface area (TPSA) is 46.6 Å². The van der Waals surface area contributed by atoms with Crippen LogP contribution in [0.1, 0.15) is 52.4 Å². The second kappa shape index (κ2) is 4.36. The van der Waals surface area contributed by atoms with Gasteiger partial charge in [0, 0.05) is 6.04 Å². The minimum absolute atomic E-state index is 0.156. The number of likely N-dealkylation sites (tertiary alicyclic amines) is 1. The van der Waals surface area contributed by atoms with Crippen LogP contribution in [0, 0.1) is 5.41 Å². The molecule has 2 heterocycles. The number of nitrogens with zero attached hydrogens (tertiary/aromatic N) is 1. The van der Waals surface area contributed by atoms with E-state index in [9.17, 15) is 9.59 Å². The molecule has 1 saturated heterocycles. The van der Waals surface area contributed by atoms with E-state index in [0.29, 0.717) is 5.57 Å². The lowest BCUT2D eigenvalue weighted by Gasteiger charge is -2.31. The maximum absolute atomic E-state index is 12.9. The fourth-order valence-corrected chi connectivity index (χ4v) is 3.95. The number of carbonyl (C=O) groups is 2. The smallest absolute Gasteiger partial charge is 0.336 e. The molecule has 2 fully saturated rings. The van der Waals surface area contributed by atoms with E-state index in [2.05, 4.69) is 6.92 Å². The molecule has 1 spiro atoms. The van der Waals surface area contributed by atoms with Crippen LogP contribution in [0.25, 0.3) is 0 Å². The van der Waals surface area contributed by atoms with Gasteiger partial charge in [-0.15, -0.1) is 0 Å². The number of hydrogen-bond donors (Lipinski definition) is 0. The van der Waals surface area contributed by atoms with Crippen LogP contribution in [0.2, 0.25) is 0 Å². The highest BCUT2D eigenvalue weighted by atomic mass is 16.5. The fourth-order valence-electron chi connectivity index (χ4n) is 3.95. The molecular formula is C15H21NO3. The van der Waals surface area contributed by atoms with Crippen molar-refractivity contribution in [2.75, 3.05) is 6.61 Å². The van der Waals surface area contributed by atoms with Gasteiger partial charge in [0.2, 0.25) is 5.91 Å². The van der Waals surface area contributed by atoms with Gasteiger partial charge in [0.25, 0.3) is 0 Å². The number of carbonyl (C=O) groups excluding carboxylic acids is 2. The molecule has 4 nitrogen and oxygen atoms in total. The van der Waals surface area contributed by atoms with E-state index in [0.717, 1.165) is 37.8 Å². The Morgan fingerprint density at radius 2 is 1.89 bits per heavy atom. The van der Waals surface area contributed by atoms with Crippen molar-refractivity contribution in [2.45, 2.75) is 58.4 Å². The van der Waals surface area contributed by atoms with Crippen molar-refractivity contribution >= 4 is 11.9 Å². The van der Waals surface area contributed by atoms with Gasteiger partial charge in [-0.05, 0) is 33.1 Å². The van der Waals surface area contributed by atoms with Gasteiger partial charge in [-0.25, -0.2) is 4.79 Å². The van der Waals surface area contributed by atoms with Gasteiger partial charge < -0.3 is 9.64 Å². The monoisotopic (exact) mass is 263 g/mol. The van der Waals surface area contributed by atoms with E-state index >= 15 is 0 Å². The fraction of sp³-hybridized carbons (Fsp3) is 0.733. The lowest BCUT2D eigenvalue weighted by atomic mass is 9.72. The van der Waals surface area contributed by atoms with Crippen LogP contribution < -0.4 is 0 Å². The summed E-state index contributed by atoms with van der Waals surface area (Å²) in [6.07, 6.45) is 6.49. The van der Waals surface area contributed by atoms with E-state index in [1.807, 2.05) is 4.90 Å². The molecule has 0 bridgehead atoms. The minimum atomic E-state index is -0.278. The summed E-state index contributed by atoms with van der Waals surface area (Å²) in [5, 5.41) is 0. The maximum Gasteiger partial charge on any atom is 0.336 e. The molecule has 104 valence electrons. The third-order valence-electron chi connectivity index (χ3n) is 4.98. The van der Waals surface area contributed by atoms with Crippen molar-refractivity contribution < 1.29 is 14.3 Å². The summed E-state index contributed by atoms with van der Waals surface area (Å²) in [5.74, 6) is -0.0491. The quantitative estimate of drug-likeness (QED) is 0.682. The Morgan fingerprint density at radius 3 is 2.47 bits per heavy atom. The highest BCUT2D eigenvalue weighted by molar-refractivity contribution is 5.94. The second-order valence-corrected chi connectivity index (χ2v) is 6.22. The Hall–Kier alpha value is -1.32. The molecule has 3 rings (SSSR count). The number of rotatable bonds is 1. The summed E-state index contributed by atoms with van der Waals surface area (Å²) >= 11 is 0. The summed E-state index contributed by atoms with van der Waals surface area (Å²) in [4.78, 5) is 26.2. The molecule has 0 N–H and O–H groups in total. The van der Waals surface area contributed by atoms with Gasteiger partial charge in [-0.1, -0.05) is 19.3 Å². The van der Waals surface area contributed by atoms with Crippen molar-refractivity contribution in [3.8, 4) is 0 Å². The van der Waals surface area contributed by atoms with Gasteiger partial charge in [0.1, 0.15) is 6.61 Å². The van der Waals surface area contributed by atoms with E-state index in [4.69, 9.17) is 4.74 Å². The Bertz CT molecular complexity index is 460. The molecule has 0 aromatic rings. The van der Waals surface area contributed by atoms with Crippen LogP contribution in [-0.2, 0) is 14.3 Å². The van der Waals surface area contributed by atoms with Gasteiger partial charge in [0.15, 0.2) is 0 Å². The van der Waals surface area contributed by atoms with Crippen LogP contribution in [0.15, 0.2) is 11.3 Å². The number of esters is 1. The first-order valence-electron chi connectivity index (χ1n) is 7.26. The Morgan fingerprint density at radius 1 is 1.21 bits per heavy atom. The van der Waals surface area contributed by atoms with Crippen molar-refractivity contribution in [1.82, 2.24) is 4.90 Å². The predicted octanol–water partition coefficient (Wildman–Crippen LogP) is 2.39. The average molecular weight is 263 g/mol. The molecule has 0 aromatic heterocycles. The van der Waals surface area contributed by atoms with Crippen molar-refractivity contribution in [3.05, 3.63) is 11.3 Å². The first-order valence-corrected chi connectivity index (χ1v) is 7.26. The van der Waals surface area contributed by atoms with Gasteiger partial charge in [-0.2, -0.15) is 0 Å². The number of cyclic esters (lactones) is 1. The van der Waals surface area contributed by atoms with E-state index < -0.39 is 0 Å². The summed E-state index contributed by atoms with van der Waals surface area (Å²) in [5.41, 5.74) is 1.24. The Labute approximate surface area is 113 Å². The Balaban J connectivity index is 1.92. The van der Waals surface area contributed by atoms with Crippen LogP contribution in [0.5, 0.6) is 0 Å². The zero-order valence-corrected chi connectivity index (χ0v) is 11.7. The van der Waals surface area contributed by atoms with Crippen LogP contribution in [0.4, 0.5) is 0 Å². The lowest BCUT2D eigenvalue weighted by molar-refractivity contribution is -0.138. The molecule has 19 heavy (non-hydrogen) atoms.